The fourth-order valence-electron chi connectivity index (χ4n) is 2.14. The summed E-state index contributed by atoms with van der Waals surface area (Å²) in [7, 11) is 0. The second-order valence-corrected chi connectivity index (χ2v) is 4.20. The van der Waals surface area contributed by atoms with Crippen molar-refractivity contribution in [2.75, 3.05) is 0 Å². The summed E-state index contributed by atoms with van der Waals surface area (Å²) in [4.78, 5) is 4.50. The van der Waals surface area contributed by atoms with Crippen molar-refractivity contribution < 1.29 is 9.47 Å². The smallest absolute Gasteiger partial charge is 0.238 e. The van der Waals surface area contributed by atoms with Crippen LogP contribution in [0.4, 0.5) is 0 Å². The van der Waals surface area contributed by atoms with E-state index in [1.807, 2.05) is 26.0 Å². The molecule has 3 heteroatoms. The highest BCUT2D eigenvalue weighted by molar-refractivity contribution is 5.86. The molecule has 0 bridgehead atoms. The molecular formula is C13H13NO2. The fraction of sp³-hybridized carbons (Fsp3) is 0.308. The molecule has 16 heavy (non-hydrogen) atoms. The molecule has 0 saturated carbocycles. The predicted molar refractivity (Wildman–Crippen MR) is 61.9 cm³/mol. The van der Waals surface area contributed by atoms with Gasteiger partial charge in [0.1, 0.15) is 0 Å². The Morgan fingerprint density at radius 3 is 2.50 bits per heavy atom. The summed E-state index contributed by atoms with van der Waals surface area (Å²) < 4.78 is 11.1. The zero-order chi connectivity index (χ0) is 11.3. The van der Waals surface area contributed by atoms with Gasteiger partial charge in [0, 0.05) is 24.1 Å². The number of benzene rings is 1. The number of pyridine rings is 1. The monoisotopic (exact) mass is 215 g/mol. The molecule has 1 aromatic carbocycles. The molecular weight excluding hydrogens is 202 g/mol. The lowest BCUT2D eigenvalue weighted by molar-refractivity contribution is 0.0679. The standard InChI is InChI=1S/C13H13NO2/c1-7-4-8(2)14-11-6-13-12(5-10(7)11)15-9(3)16-13/h4-6,9H,1-3H3. The van der Waals surface area contributed by atoms with Crippen LogP contribution in [0.2, 0.25) is 0 Å². The Kier molecular flexibility index (Phi) is 1.84. The van der Waals surface area contributed by atoms with Gasteiger partial charge < -0.3 is 9.47 Å². The van der Waals surface area contributed by atoms with E-state index in [1.165, 1.54) is 5.56 Å². The molecule has 0 saturated heterocycles. The lowest BCUT2D eigenvalue weighted by Gasteiger charge is -2.04. The topological polar surface area (TPSA) is 31.4 Å². The van der Waals surface area contributed by atoms with Crippen molar-refractivity contribution in [1.29, 1.82) is 0 Å². The van der Waals surface area contributed by atoms with Crippen molar-refractivity contribution in [2.45, 2.75) is 27.1 Å². The molecule has 3 rings (SSSR count). The van der Waals surface area contributed by atoms with E-state index in [0.717, 1.165) is 28.1 Å². The third kappa shape index (κ3) is 1.32. The third-order valence-corrected chi connectivity index (χ3v) is 2.79. The summed E-state index contributed by atoms with van der Waals surface area (Å²) >= 11 is 0. The number of aromatic nitrogens is 1. The van der Waals surface area contributed by atoms with Crippen molar-refractivity contribution in [3.63, 3.8) is 0 Å². The fourth-order valence-corrected chi connectivity index (χ4v) is 2.14. The van der Waals surface area contributed by atoms with Crippen molar-refractivity contribution in [3.05, 3.63) is 29.5 Å². The van der Waals surface area contributed by atoms with Crippen LogP contribution in [0.1, 0.15) is 18.2 Å². The van der Waals surface area contributed by atoms with Gasteiger partial charge in [-0.1, -0.05) is 0 Å². The molecule has 2 aromatic rings. The van der Waals surface area contributed by atoms with E-state index in [-0.39, 0.29) is 6.29 Å². The van der Waals surface area contributed by atoms with Crippen LogP contribution in [-0.2, 0) is 0 Å². The maximum absolute atomic E-state index is 5.55. The van der Waals surface area contributed by atoms with Crippen molar-refractivity contribution in [3.8, 4) is 11.5 Å². The Labute approximate surface area is 94.0 Å². The number of nitrogens with zero attached hydrogens (tertiary/aromatic N) is 1. The van der Waals surface area contributed by atoms with Gasteiger partial charge in [0.2, 0.25) is 6.29 Å². The summed E-state index contributed by atoms with van der Waals surface area (Å²) in [6.07, 6.45) is -0.201. The molecule has 0 fully saturated rings. The van der Waals surface area contributed by atoms with E-state index in [2.05, 4.69) is 18.0 Å². The van der Waals surface area contributed by atoms with Crippen molar-refractivity contribution in [2.24, 2.45) is 0 Å². The lowest BCUT2D eigenvalue weighted by atomic mass is 10.1. The highest BCUT2D eigenvalue weighted by Gasteiger charge is 2.21. The Morgan fingerprint density at radius 1 is 1.06 bits per heavy atom. The molecule has 1 aromatic heterocycles. The quantitative estimate of drug-likeness (QED) is 0.677. The van der Waals surface area contributed by atoms with Gasteiger partial charge in [-0.3, -0.25) is 4.98 Å². The maximum atomic E-state index is 5.55. The molecule has 1 atom stereocenters. The zero-order valence-corrected chi connectivity index (χ0v) is 9.57. The SMILES string of the molecule is Cc1cc(C)c2cc3c(cc2n1)OC(C)O3. The average Bonchev–Trinajstić information content (AvgIpc) is 2.54. The van der Waals surface area contributed by atoms with Gasteiger partial charge in [-0.05, 0) is 31.5 Å². The largest absolute Gasteiger partial charge is 0.451 e. The molecule has 2 heterocycles. The minimum absolute atomic E-state index is 0.201. The van der Waals surface area contributed by atoms with Crippen LogP contribution in [0.15, 0.2) is 18.2 Å². The number of hydrogen-bond donors (Lipinski definition) is 0. The number of hydrogen-bond acceptors (Lipinski definition) is 3. The van der Waals surface area contributed by atoms with Gasteiger partial charge in [-0.25, -0.2) is 0 Å². The molecule has 0 spiro atoms. The van der Waals surface area contributed by atoms with E-state index in [9.17, 15) is 0 Å². The van der Waals surface area contributed by atoms with E-state index in [0.29, 0.717) is 0 Å². The first kappa shape index (κ1) is 9.46. The first-order valence-electron chi connectivity index (χ1n) is 5.39. The van der Waals surface area contributed by atoms with Gasteiger partial charge in [0.05, 0.1) is 5.52 Å². The van der Waals surface area contributed by atoms with Crippen LogP contribution in [0, 0.1) is 13.8 Å². The second-order valence-electron chi connectivity index (χ2n) is 4.20. The van der Waals surface area contributed by atoms with Crippen LogP contribution in [0.5, 0.6) is 11.5 Å². The predicted octanol–water partition coefficient (Wildman–Crippen LogP) is 2.97. The first-order valence-corrected chi connectivity index (χ1v) is 5.39. The van der Waals surface area contributed by atoms with Gasteiger partial charge in [0.25, 0.3) is 0 Å². The molecule has 0 aliphatic carbocycles. The highest BCUT2D eigenvalue weighted by atomic mass is 16.7. The average molecular weight is 215 g/mol. The number of rotatable bonds is 0. The van der Waals surface area contributed by atoms with Gasteiger partial charge >= 0.3 is 0 Å². The van der Waals surface area contributed by atoms with Crippen LogP contribution in [0.3, 0.4) is 0 Å². The first-order chi connectivity index (χ1) is 7.63. The Morgan fingerprint density at radius 2 is 1.75 bits per heavy atom. The van der Waals surface area contributed by atoms with Gasteiger partial charge in [-0.15, -0.1) is 0 Å². The summed E-state index contributed by atoms with van der Waals surface area (Å²) in [5, 5.41) is 1.13. The summed E-state index contributed by atoms with van der Waals surface area (Å²) in [5.74, 6) is 1.60. The number of fused-ring (bicyclic) bond motifs is 2. The van der Waals surface area contributed by atoms with E-state index >= 15 is 0 Å². The van der Waals surface area contributed by atoms with Crippen LogP contribution in [0.25, 0.3) is 10.9 Å². The molecule has 0 N–H and O–H groups in total. The minimum atomic E-state index is -0.201. The van der Waals surface area contributed by atoms with E-state index in [1.54, 1.807) is 0 Å². The Hall–Kier alpha value is -1.77. The van der Waals surface area contributed by atoms with E-state index in [4.69, 9.17) is 9.47 Å². The molecule has 1 unspecified atom stereocenters. The molecule has 82 valence electrons. The Balaban J connectivity index is 2.30. The summed E-state index contributed by atoms with van der Waals surface area (Å²) in [6.45, 7) is 5.97. The number of aryl methyl sites for hydroxylation is 2. The minimum Gasteiger partial charge on any atom is -0.451 e. The van der Waals surface area contributed by atoms with Gasteiger partial charge in [-0.2, -0.15) is 0 Å². The van der Waals surface area contributed by atoms with Crippen molar-refractivity contribution >= 4 is 10.9 Å². The zero-order valence-electron chi connectivity index (χ0n) is 9.57. The highest BCUT2D eigenvalue weighted by Crippen LogP contribution is 2.38. The molecule has 3 nitrogen and oxygen atoms in total. The lowest BCUT2D eigenvalue weighted by Crippen LogP contribution is -2.11. The summed E-state index contributed by atoms with van der Waals surface area (Å²) in [6, 6.07) is 6.04. The number of ether oxygens (including phenoxy) is 2. The van der Waals surface area contributed by atoms with Crippen LogP contribution >= 0.6 is 0 Å². The normalized spacial score (nSPS) is 18.1. The Bertz CT molecular complexity index is 578. The third-order valence-electron chi connectivity index (χ3n) is 2.79. The molecule has 0 amide bonds. The second kappa shape index (κ2) is 3.11. The molecule has 1 aliphatic heterocycles. The molecule has 1 aliphatic rings. The van der Waals surface area contributed by atoms with E-state index < -0.39 is 0 Å². The summed E-state index contributed by atoms with van der Waals surface area (Å²) in [5.41, 5.74) is 3.21. The maximum Gasteiger partial charge on any atom is 0.238 e. The van der Waals surface area contributed by atoms with Crippen LogP contribution in [-0.4, -0.2) is 11.3 Å². The van der Waals surface area contributed by atoms with Crippen LogP contribution < -0.4 is 9.47 Å². The van der Waals surface area contributed by atoms with Gasteiger partial charge in [0.15, 0.2) is 11.5 Å². The molecule has 0 radical (unpaired) electrons. The van der Waals surface area contributed by atoms with Crippen molar-refractivity contribution in [1.82, 2.24) is 4.98 Å².